The summed E-state index contributed by atoms with van der Waals surface area (Å²) in [6.45, 7) is 4.42. The van der Waals surface area contributed by atoms with Crippen molar-refractivity contribution in [1.29, 1.82) is 0 Å². The summed E-state index contributed by atoms with van der Waals surface area (Å²) in [5, 5.41) is 0. The van der Waals surface area contributed by atoms with Crippen LogP contribution >= 0.6 is 23.5 Å². The summed E-state index contributed by atoms with van der Waals surface area (Å²) in [4.78, 5) is 0. The maximum atomic E-state index is 2.41. The lowest BCUT2D eigenvalue weighted by atomic mass is 10.0. The van der Waals surface area contributed by atoms with E-state index >= 15 is 0 Å². The third kappa shape index (κ3) is 1.71. The molecule has 2 heteroatoms. The summed E-state index contributed by atoms with van der Waals surface area (Å²) in [6, 6.07) is 14.0. The maximum Gasteiger partial charge on any atom is 0.112 e. The van der Waals surface area contributed by atoms with Gasteiger partial charge in [-0.05, 0) is 54.0 Å². The highest BCUT2D eigenvalue weighted by Gasteiger charge is 2.45. The predicted octanol–water partition coefficient (Wildman–Crippen LogP) is 5.36. The van der Waals surface area contributed by atoms with Crippen LogP contribution in [0.1, 0.15) is 28.7 Å². The molecule has 2 aromatic carbocycles. The Morgan fingerprint density at radius 3 is 1.80 bits per heavy atom. The Morgan fingerprint density at radius 2 is 1.30 bits per heavy atom. The fraction of sp³-hybridized carbons (Fsp3) is 0.333. The van der Waals surface area contributed by atoms with Crippen LogP contribution in [0, 0.1) is 13.8 Å². The van der Waals surface area contributed by atoms with Crippen molar-refractivity contribution in [1.82, 2.24) is 0 Å². The van der Waals surface area contributed by atoms with E-state index in [1.165, 1.54) is 51.3 Å². The van der Waals surface area contributed by atoms with Crippen LogP contribution in [0.25, 0.3) is 11.1 Å². The molecule has 0 amide bonds. The first kappa shape index (κ1) is 12.8. The molecule has 20 heavy (non-hydrogen) atoms. The van der Waals surface area contributed by atoms with Gasteiger partial charge in [-0.25, -0.2) is 0 Å². The molecule has 0 atom stereocenters. The molecule has 0 aromatic heterocycles. The van der Waals surface area contributed by atoms with Crippen LogP contribution in [0.3, 0.4) is 0 Å². The fourth-order valence-electron chi connectivity index (χ4n) is 3.32. The number of fused-ring (bicyclic) bond motifs is 5. The van der Waals surface area contributed by atoms with Crippen LogP contribution in [-0.2, 0) is 4.08 Å². The average molecular weight is 298 g/mol. The van der Waals surface area contributed by atoms with Crippen molar-refractivity contribution in [3.63, 3.8) is 0 Å². The lowest BCUT2D eigenvalue weighted by Gasteiger charge is -2.34. The average Bonchev–Trinajstić information content (AvgIpc) is 2.70. The number of rotatable bonds is 0. The molecule has 0 bridgehead atoms. The monoisotopic (exact) mass is 298 g/mol. The van der Waals surface area contributed by atoms with Gasteiger partial charge in [0.1, 0.15) is 4.08 Å². The van der Waals surface area contributed by atoms with Gasteiger partial charge in [0, 0.05) is 0 Å². The SMILES string of the molecule is Cc1ccc2c(c1)C1(SCCCS1)c1cc(C)ccc1-2. The van der Waals surface area contributed by atoms with E-state index in [0.29, 0.717) is 0 Å². The van der Waals surface area contributed by atoms with Gasteiger partial charge in [-0.2, -0.15) is 0 Å². The summed E-state index contributed by atoms with van der Waals surface area (Å²) < 4.78 is 0.154. The van der Waals surface area contributed by atoms with Crippen molar-refractivity contribution >= 4 is 23.5 Å². The molecule has 1 heterocycles. The molecule has 4 rings (SSSR count). The number of aryl methyl sites for hydroxylation is 2. The fourth-order valence-corrected chi connectivity index (χ4v) is 6.78. The third-order valence-corrected chi connectivity index (χ3v) is 7.63. The van der Waals surface area contributed by atoms with E-state index in [2.05, 4.69) is 73.8 Å². The van der Waals surface area contributed by atoms with E-state index in [1.807, 2.05) is 0 Å². The molecule has 1 saturated heterocycles. The van der Waals surface area contributed by atoms with Gasteiger partial charge in [0.15, 0.2) is 0 Å². The highest BCUT2D eigenvalue weighted by molar-refractivity contribution is 8.18. The normalized spacial score (nSPS) is 18.9. The second-order valence-corrected chi connectivity index (χ2v) is 8.64. The first-order valence-corrected chi connectivity index (χ1v) is 9.18. The van der Waals surface area contributed by atoms with Crippen LogP contribution in [0.5, 0.6) is 0 Å². The van der Waals surface area contributed by atoms with Gasteiger partial charge in [0.05, 0.1) is 0 Å². The molecule has 0 N–H and O–H groups in total. The zero-order valence-corrected chi connectivity index (χ0v) is 13.5. The molecule has 0 unspecified atom stereocenters. The van der Waals surface area contributed by atoms with E-state index in [4.69, 9.17) is 0 Å². The Balaban J connectivity index is 2.03. The summed E-state index contributed by atoms with van der Waals surface area (Å²) in [7, 11) is 0. The number of hydrogen-bond acceptors (Lipinski definition) is 2. The summed E-state index contributed by atoms with van der Waals surface area (Å²) in [5.41, 5.74) is 8.72. The van der Waals surface area contributed by atoms with E-state index < -0.39 is 0 Å². The lowest BCUT2D eigenvalue weighted by Crippen LogP contribution is -2.21. The Bertz CT molecular complexity index is 628. The smallest absolute Gasteiger partial charge is 0.112 e. The Hall–Kier alpha value is -0.860. The molecule has 0 nitrogen and oxygen atoms in total. The molecule has 1 fully saturated rings. The maximum absolute atomic E-state index is 2.41. The molecule has 1 aliphatic heterocycles. The van der Waals surface area contributed by atoms with Crippen molar-refractivity contribution < 1.29 is 0 Å². The van der Waals surface area contributed by atoms with Gasteiger partial charge in [-0.1, -0.05) is 47.5 Å². The van der Waals surface area contributed by atoms with Crippen molar-refractivity contribution in [2.45, 2.75) is 24.3 Å². The predicted molar refractivity (Wildman–Crippen MR) is 91.7 cm³/mol. The second-order valence-electron chi connectivity index (χ2n) is 5.77. The van der Waals surface area contributed by atoms with Gasteiger partial charge in [0.2, 0.25) is 0 Å². The molecule has 1 aliphatic carbocycles. The van der Waals surface area contributed by atoms with E-state index in [-0.39, 0.29) is 4.08 Å². The quantitative estimate of drug-likeness (QED) is 0.642. The van der Waals surface area contributed by atoms with Crippen LogP contribution in [0.4, 0.5) is 0 Å². The Labute approximate surface area is 129 Å². The minimum absolute atomic E-state index is 0.154. The van der Waals surface area contributed by atoms with E-state index in [9.17, 15) is 0 Å². The zero-order valence-electron chi connectivity index (χ0n) is 11.9. The van der Waals surface area contributed by atoms with Crippen molar-refractivity contribution in [3.05, 3.63) is 58.7 Å². The Morgan fingerprint density at radius 1 is 0.800 bits per heavy atom. The Kier molecular flexibility index (Phi) is 2.94. The van der Waals surface area contributed by atoms with Gasteiger partial charge >= 0.3 is 0 Å². The van der Waals surface area contributed by atoms with Gasteiger partial charge in [-0.3, -0.25) is 0 Å². The first-order valence-electron chi connectivity index (χ1n) is 7.21. The largest absolute Gasteiger partial charge is 0.135 e. The van der Waals surface area contributed by atoms with E-state index in [1.54, 1.807) is 0 Å². The number of benzene rings is 2. The third-order valence-electron chi connectivity index (χ3n) is 4.25. The van der Waals surface area contributed by atoms with Crippen molar-refractivity contribution in [2.24, 2.45) is 0 Å². The summed E-state index contributed by atoms with van der Waals surface area (Å²) in [6.07, 6.45) is 1.33. The standard InChI is InChI=1S/C18H18S2/c1-12-4-6-14-15-7-5-13(2)11-17(15)18(16(14)10-12)19-8-3-9-20-18/h4-7,10-11H,3,8-9H2,1-2H3. The van der Waals surface area contributed by atoms with Crippen LogP contribution in [0.15, 0.2) is 36.4 Å². The molecule has 0 saturated carbocycles. The van der Waals surface area contributed by atoms with Crippen molar-refractivity contribution in [3.8, 4) is 11.1 Å². The number of hydrogen-bond donors (Lipinski definition) is 0. The molecule has 1 spiro atoms. The highest BCUT2D eigenvalue weighted by atomic mass is 32.2. The summed E-state index contributed by atoms with van der Waals surface area (Å²) in [5.74, 6) is 2.54. The van der Waals surface area contributed by atoms with Gasteiger partial charge in [-0.15, -0.1) is 23.5 Å². The summed E-state index contributed by atoms with van der Waals surface area (Å²) >= 11 is 4.28. The van der Waals surface area contributed by atoms with Gasteiger partial charge in [0.25, 0.3) is 0 Å². The molecule has 0 radical (unpaired) electrons. The topological polar surface area (TPSA) is 0 Å². The second kappa shape index (κ2) is 4.57. The number of thioether (sulfide) groups is 2. The van der Waals surface area contributed by atoms with Crippen LogP contribution in [0.2, 0.25) is 0 Å². The molecular weight excluding hydrogens is 280 g/mol. The van der Waals surface area contributed by atoms with Gasteiger partial charge < -0.3 is 0 Å². The van der Waals surface area contributed by atoms with Crippen LogP contribution < -0.4 is 0 Å². The highest BCUT2D eigenvalue weighted by Crippen LogP contribution is 2.62. The van der Waals surface area contributed by atoms with Crippen LogP contribution in [-0.4, -0.2) is 11.5 Å². The first-order chi connectivity index (χ1) is 9.71. The minimum atomic E-state index is 0.154. The molecule has 102 valence electrons. The van der Waals surface area contributed by atoms with Crippen molar-refractivity contribution in [2.75, 3.05) is 11.5 Å². The molecular formula is C18H18S2. The lowest BCUT2D eigenvalue weighted by molar-refractivity contribution is 1.03. The molecule has 2 aliphatic rings. The minimum Gasteiger partial charge on any atom is -0.135 e. The zero-order chi connectivity index (χ0) is 13.7. The molecule has 2 aromatic rings. The van der Waals surface area contributed by atoms with E-state index in [0.717, 1.165) is 0 Å².